The van der Waals surface area contributed by atoms with Crippen molar-refractivity contribution in [2.45, 2.75) is 20.3 Å². The van der Waals surface area contributed by atoms with Crippen molar-refractivity contribution < 1.29 is 13.9 Å². The Morgan fingerprint density at radius 1 is 1.16 bits per heavy atom. The second-order valence-corrected chi connectivity index (χ2v) is 6.39. The van der Waals surface area contributed by atoms with E-state index in [2.05, 4.69) is 0 Å². The molecule has 4 nitrogen and oxygen atoms in total. The third-order valence-electron chi connectivity index (χ3n) is 3.69. The Morgan fingerprint density at radius 2 is 1.84 bits per heavy atom. The van der Waals surface area contributed by atoms with Crippen molar-refractivity contribution in [3.63, 3.8) is 0 Å². The number of hydrogen-bond donors (Lipinski definition) is 0. The molecule has 0 saturated carbocycles. The van der Waals surface area contributed by atoms with Crippen LogP contribution in [-0.4, -0.2) is 5.97 Å². The van der Waals surface area contributed by atoms with E-state index in [9.17, 15) is 9.59 Å². The average Bonchev–Trinajstić information content (AvgIpc) is 2.58. The Bertz CT molecular complexity index is 1020. The number of fused-ring (bicyclic) bond motifs is 1. The molecule has 0 unspecified atom stereocenters. The molecule has 0 radical (unpaired) electrons. The van der Waals surface area contributed by atoms with Crippen molar-refractivity contribution in [2.24, 2.45) is 0 Å². The molecule has 0 saturated heterocycles. The fraction of sp³-hybridized carbons (Fsp3) is 0.158. The van der Waals surface area contributed by atoms with Crippen LogP contribution in [0.5, 0.6) is 5.75 Å². The molecule has 0 aliphatic carbocycles. The zero-order valence-electron chi connectivity index (χ0n) is 13.6. The molecule has 0 N–H and O–H groups in total. The van der Waals surface area contributed by atoms with Crippen LogP contribution in [0.2, 0.25) is 10.0 Å². The fourth-order valence-electron chi connectivity index (χ4n) is 2.38. The number of ether oxygens (including phenoxy) is 1. The SMILES string of the molecule is CCC(=O)Oc1c(-c2ccc(C)cc2)oc2c(Cl)cc(Cl)cc2c1=O. The van der Waals surface area contributed by atoms with Crippen molar-refractivity contribution in [3.05, 3.63) is 62.2 Å². The Kier molecular flexibility index (Phi) is 4.84. The first-order chi connectivity index (χ1) is 11.9. The van der Waals surface area contributed by atoms with Crippen LogP contribution in [-0.2, 0) is 4.79 Å². The minimum Gasteiger partial charge on any atom is -0.450 e. The van der Waals surface area contributed by atoms with Crippen LogP contribution in [0.1, 0.15) is 18.9 Å². The van der Waals surface area contributed by atoms with Crippen LogP contribution in [0.4, 0.5) is 0 Å². The van der Waals surface area contributed by atoms with E-state index in [4.69, 9.17) is 32.4 Å². The molecule has 1 heterocycles. The lowest BCUT2D eigenvalue weighted by Gasteiger charge is -2.11. The van der Waals surface area contributed by atoms with Crippen molar-refractivity contribution in [2.75, 3.05) is 0 Å². The van der Waals surface area contributed by atoms with Gasteiger partial charge in [-0.1, -0.05) is 60.0 Å². The first kappa shape index (κ1) is 17.5. The van der Waals surface area contributed by atoms with Gasteiger partial charge in [0.2, 0.25) is 11.2 Å². The van der Waals surface area contributed by atoms with Gasteiger partial charge in [-0.3, -0.25) is 9.59 Å². The Morgan fingerprint density at radius 3 is 2.48 bits per heavy atom. The fourth-order valence-corrected chi connectivity index (χ4v) is 2.91. The van der Waals surface area contributed by atoms with Crippen LogP contribution in [0.25, 0.3) is 22.3 Å². The Labute approximate surface area is 153 Å². The predicted molar refractivity (Wildman–Crippen MR) is 98.6 cm³/mol. The molecular formula is C19H14Cl2O4. The van der Waals surface area contributed by atoms with E-state index in [1.54, 1.807) is 19.1 Å². The van der Waals surface area contributed by atoms with Gasteiger partial charge in [0, 0.05) is 17.0 Å². The van der Waals surface area contributed by atoms with E-state index < -0.39 is 11.4 Å². The lowest BCUT2D eigenvalue weighted by molar-refractivity contribution is -0.134. The highest BCUT2D eigenvalue weighted by atomic mass is 35.5. The van der Waals surface area contributed by atoms with Gasteiger partial charge < -0.3 is 9.15 Å². The van der Waals surface area contributed by atoms with Crippen LogP contribution in [0, 0.1) is 6.92 Å². The molecule has 25 heavy (non-hydrogen) atoms. The molecule has 3 rings (SSSR count). The number of carbonyl (C=O) groups excluding carboxylic acids is 1. The van der Waals surface area contributed by atoms with Crippen LogP contribution >= 0.6 is 23.2 Å². The number of esters is 1. The van der Waals surface area contributed by atoms with Gasteiger partial charge in [-0.25, -0.2) is 0 Å². The molecule has 0 aliphatic heterocycles. The van der Waals surface area contributed by atoms with Crippen LogP contribution < -0.4 is 10.2 Å². The number of benzene rings is 2. The molecule has 3 aromatic rings. The van der Waals surface area contributed by atoms with Crippen molar-refractivity contribution in [1.82, 2.24) is 0 Å². The molecule has 0 spiro atoms. The Hall–Kier alpha value is -2.30. The zero-order chi connectivity index (χ0) is 18.1. The third-order valence-corrected chi connectivity index (χ3v) is 4.19. The molecule has 0 fully saturated rings. The van der Waals surface area contributed by atoms with Crippen molar-refractivity contribution >= 4 is 40.1 Å². The zero-order valence-corrected chi connectivity index (χ0v) is 15.1. The second kappa shape index (κ2) is 6.90. The van der Waals surface area contributed by atoms with E-state index in [-0.39, 0.29) is 33.9 Å². The molecule has 0 atom stereocenters. The van der Waals surface area contributed by atoms with Gasteiger partial charge in [-0.15, -0.1) is 0 Å². The minimum atomic E-state index is -0.534. The van der Waals surface area contributed by atoms with Crippen LogP contribution in [0.3, 0.4) is 0 Å². The summed E-state index contributed by atoms with van der Waals surface area (Å²) in [6.45, 7) is 3.58. The molecule has 6 heteroatoms. The highest BCUT2D eigenvalue weighted by Crippen LogP contribution is 2.35. The van der Waals surface area contributed by atoms with Crippen LogP contribution in [0.15, 0.2) is 45.6 Å². The molecule has 0 bridgehead atoms. The average molecular weight is 377 g/mol. The first-order valence-corrected chi connectivity index (χ1v) is 8.40. The second-order valence-electron chi connectivity index (χ2n) is 5.55. The largest absolute Gasteiger partial charge is 0.450 e. The lowest BCUT2D eigenvalue weighted by atomic mass is 10.1. The van der Waals surface area contributed by atoms with Gasteiger partial charge in [0.25, 0.3) is 0 Å². The number of halogens is 2. The molecule has 128 valence electrons. The maximum atomic E-state index is 12.9. The highest BCUT2D eigenvalue weighted by molar-refractivity contribution is 6.38. The number of carbonyl (C=O) groups is 1. The molecule has 0 amide bonds. The quantitative estimate of drug-likeness (QED) is 0.574. The highest BCUT2D eigenvalue weighted by Gasteiger charge is 2.21. The summed E-state index contributed by atoms with van der Waals surface area (Å²) in [5.74, 6) is -0.543. The van der Waals surface area contributed by atoms with Gasteiger partial charge in [0.15, 0.2) is 11.3 Å². The summed E-state index contributed by atoms with van der Waals surface area (Å²) in [5, 5.41) is 0.661. The Balaban J connectivity index is 2.36. The van der Waals surface area contributed by atoms with Crippen molar-refractivity contribution in [3.8, 4) is 17.1 Å². The van der Waals surface area contributed by atoms with E-state index in [0.29, 0.717) is 10.6 Å². The minimum absolute atomic E-state index is 0.126. The van der Waals surface area contributed by atoms with E-state index >= 15 is 0 Å². The molecule has 0 aliphatic rings. The lowest BCUT2D eigenvalue weighted by Crippen LogP contribution is -2.15. The van der Waals surface area contributed by atoms with E-state index in [1.165, 1.54) is 12.1 Å². The smallest absolute Gasteiger partial charge is 0.311 e. The molecular weight excluding hydrogens is 363 g/mol. The number of rotatable bonds is 3. The predicted octanol–water partition coefficient (Wildman–Crippen LogP) is 5.39. The van der Waals surface area contributed by atoms with E-state index in [1.807, 2.05) is 19.1 Å². The standard InChI is InChI=1S/C19H14Cl2O4/c1-3-15(22)24-19-16(23)13-8-12(20)9-14(21)18(13)25-17(19)11-6-4-10(2)5-7-11/h4-9H,3H2,1-2H3. The maximum absolute atomic E-state index is 12.9. The summed E-state index contributed by atoms with van der Waals surface area (Å²) in [7, 11) is 0. The summed E-state index contributed by atoms with van der Waals surface area (Å²) < 4.78 is 11.1. The normalized spacial score (nSPS) is 10.9. The summed E-state index contributed by atoms with van der Waals surface area (Å²) in [4.78, 5) is 24.7. The van der Waals surface area contributed by atoms with Gasteiger partial charge in [-0.2, -0.15) is 0 Å². The van der Waals surface area contributed by atoms with Gasteiger partial charge in [0.05, 0.1) is 10.4 Å². The number of hydrogen-bond acceptors (Lipinski definition) is 4. The first-order valence-electron chi connectivity index (χ1n) is 7.64. The third kappa shape index (κ3) is 3.41. The van der Waals surface area contributed by atoms with Crippen molar-refractivity contribution in [1.29, 1.82) is 0 Å². The summed E-state index contributed by atoms with van der Waals surface area (Å²) in [6, 6.07) is 10.2. The maximum Gasteiger partial charge on any atom is 0.311 e. The van der Waals surface area contributed by atoms with Gasteiger partial charge in [-0.05, 0) is 19.1 Å². The topological polar surface area (TPSA) is 56.5 Å². The molecule has 2 aromatic carbocycles. The monoisotopic (exact) mass is 376 g/mol. The number of aryl methyl sites for hydroxylation is 1. The summed E-state index contributed by atoms with van der Waals surface area (Å²) in [6.07, 6.45) is 0.126. The van der Waals surface area contributed by atoms with Gasteiger partial charge >= 0.3 is 5.97 Å². The molecule has 1 aromatic heterocycles. The summed E-state index contributed by atoms with van der Waals surface area (Å²) in [5.41, 5.74) is 1.35. The summed E-state index contributed by atoms with van der Waals surface area (Å²) >= 11 is 12.2. The van der Waals surface area contributed by atoms with E-state index in [0.717, 1.165) is 5.56 Å². The van der Waals surface area contributed by atoms with Gasteiger partial charge in [0.1, 0.15) is 0 Å².